The van der Waals surface area contributed by atoms with Crippen LogP contribution in [0.5, 0.6) is 0 Å². The maximum Gasteiger partial charge on any atom is 0.255 e. The predicted octanol–water partition coefficient (Wildman–Crippen LogP) is 2.20. The van der Waals surface area contributed by atoms with E-state index in [9.17, 15) is 14.0 Å². The van der Waals surface area contributed by atoms with Gasteiger partial charge in [0.1, 0.15) is 11.9 Å². The van der Waals surface area contributed by atoms with Gasteiger partial charge in [-0.3, -0.25) is 14.6 Å². The van der Waals surface area contributed by atoms with Gasteiger partial charge < -0.3 is 14.2 Å². The number of carbonyl (C=O) groups excluding carboxylic acids is 1. The zero-order chi connectivity index (χ0) is 20.4. The van der Waals surface area contributed by atoms with Crippen molar-refractivity contribution < 1.29 is 13.9 Å². The van der Waals surface area contributed by atoms with Crippen molar-refractivity contribution in [2.45, 2.75) is 6.10 Å². The molecule has 3 heterocycles. The van der Waals surface area contributed by atoms with E-state index in [1.807, 2.05) is 0 Å². The summed E-state index contributed by atoms with van der Waals surface area (Å²) < 4.78 is 20.7. The number of amides is 1. The van der Waals surface area contributed by atoms with E-state index in [2.05, 4.69) is 9.97 Å². The van der Waals surface area contributed by atoms with Crippen molar-refractivity contribution in [2.75, 3.05) is 19.7 Å². The molecule has 0 unspecified atom stereocenters. The molecule has 1 saturated heterocycles. The Hall–Kier alpha value is -3.39. The molecule has 8 heteroatoms. The first-order chi connectivity index (χ1) is 14.0. The number of ether oxygens (including phenoxy) is 1. The molecule has 1 aliphatic rings. The quantitative estimate of drug-likeness (QED) is 0.681. The van der Waals surface area contributed by atoms with Crippen molar-refractivity contribution in [2.24, 2.45) is 7.05 Å². The van der Waals surface area contributed by atoms with Gasteiger partial charge in [0, 0.05) is 31.4 Å². The number of pyridine rings is 1. The maximum atomic E-state index is 13.5. The van der Waals surface area contributed by atoms with Crippen LogP contribution >= 0.6 is 0 Å². The molecule has 1 fully saturated rings. The van der Waals surface area contributed by atoms with Crippen LogP contribution in [0.2, 0.25) is 0 Å². The first-order valence-corrected chi connectivity index (χ1v) is 9.17. The van der Waals surface area contributed by atoms with Crippen LogP contribution in [0.4, 0.5) is 4.39 Å². The molecule has 1 aliphatic heterocycles. The van der Waals surface area contributed by atoms with E-state index in [0.717, 1.165) is 0 Å². The summed E-state index contributed by atoms with van der Waals surface area (Å²) in [6.07, 6.45) is 4.24. The molecule has 4 rings (SSSR count). The van der Waals surface area contributed by atoms with E-state index in [1.54, 1.807) is 36.5 Å². The number of morpholine rings is 1. The number of nitrogens with zero attached hydrogens (tertiary/aromatic N) is 4. The fraction of sp³-hybridized carbons (Fsp3) is 0.238. The van der Waals surface area contributed by atoms with E-state index >= 15 is 0 Å². The molecule has 29 heavy (non-hydrogen) atoms. The second-order valence-corrected chi connectivity index (χ2v) is 6.82. The van der Waals surface area contributed by atoms with Gasteiger partial charge in [-0.05, 0) is 18.2 Å². The first kappa shape index (κ1) is 18.9. The van der Waals surface area contributed by atoms with Crippen molar-refractivity contribution >= 4 is 5.91 Å². The molecule has 1 amide bonds. The minimum absolute atomic E-state index is 0.175. The van der Waals surface area contributed by atoms with Gasteiger partial charge in [-0.1, -0.05) is 12.1 Å². The highest BCUT2D eigenvalue weighted by molar-refractivity contribution is 5.94. The number of hydrogen-bond acceptors (Lipinski definition) is 5. The van der Waals surface area contributed by atoms with Gasteiger partial charge in [0.15, 0.2) is 0 Å². The van der Waals surface area contributed by atoms with Crippen LogP contribution in [0, 0.1) is 5.82 Å². The van der Waals surface area contributed by atoms with E-state index in [-0.39, 0.29) is 17.3 Å². The molecule has 7 nitrogen and oxygen atoms in total. The van der Waals surface area contributed by atoms with Crippen LogP contribution in [0.1, 0.15) is 22.2 Å². The number of hydrogen-bond donors (Lipinski definition) is 0. The SMILES string of the molecule is Cn1cc(C(=O)N2CCO[C@H](c3cncc(-c4cccc(F)c4)n3)C2)ccc1=O. The van der Waals surface area contributed by atoms with Crippen LogP contribution < -0.4 is 5.56 Å². The highest BCUT2D eigenvalue weighted by atomic mass is 19.1. The number of aryl methyl sites for hydroxylation is 1. The standard InChI is InChI=1S/C21H19FN4O3/c1-25-12-15(5-6-20(25)27)21(28)26-7-8-29-19(13-26)18-11-23-10-17(24-18)14-3-2-4-16(22)9-14/h2-6,9-12,19H,7-8,13H2,1H3/t19-/m0/s1. The molecule has 0 spiro atoms. The summed E-state index contributed by atoms with van der Waals surface area (Å²) in [5.41, 5.74) is 1.99. The minimum atomic E-state index is -0.443. The van der Waals surface area contributed by atoms with Gasteiger partial charge in [-0.2, -0.15) is 0 Å². The fourth-order valence-corrected chi connectivity index (χ4v) is 3.24. The lowest BCUT2D eigenvalue weighted by atomic mass is 10.1. The monoisotopic (exact) mass is 394 g/mol. The Balaban J connectivity index is 1.55. The number of halogens is 1. The van der Waals surface area contributed by atoms with Crippen molar-refractivity contribution in [3.63, 3.8) is 0 Å². The largest absolute Gasteiger partial charge is 0.368 e. The van der Waals surface area contributed by atoms with Crippen LogP contribution in [-0.2, 0) is 11.8 Å². The summed E-state index contributed by atoms with van der Waals surface area (Å²) in [4.78, 5) is 34.8. The smallest absolute Gasteiger partial charge is 0.255 e. The van der Waals surface area contributed by atoms with Gasteiger partial charge in [0.25, 0.3) is 5.91 Å². The van der Waals surface area contributed by atoms with E-state index in [4.69, 9.17) is 4.74 Å². The summed E-state index contributed by atoms with van der Waals surface area (Å²) >= 11 is 0. The molecule has 0 bridgehead atoms. The van der Waals surface area contributed by atoms with Crippen LogP contribution in [0.25, 0.3) is 11.3 Å². The Bertz CT molecular complexity index is 1110. The number of rotatable bonds is 3. The molecule has 0 aliphatic carbocycles. The third-order valence-electron chi connectivity index (χ3n) is 4.79. The highest BCUT2D eigenvalue weighted by Gasteiger charge is 2.27. The Labute approximate surface area is 166 Å². The average molecular weight is 394 g/mol. The summed E-state index contributed by atoms with van der Waals surface area (Å²) in [6, 6.07) is 9.04. The molecule has 3 aromatic rings. The van der Waals surface area contributed by atoms with Gasteiger partial charge in [0.05, 0.1) is 42.5 Å². The zero-order valence-electron chi connectivity index (χ0n) is 15.8. The van der Waals surface area contributed by atoms with Crippen LogP contribution in [0.15, 0.2) is 59.8 Å². The predicted molar refractivity (Wildman–Crippen MR) is 104 cm³/mol. The number of benzene rings is 1. The van der Waals surface area contributed by atoms with Crippen LogP contribution in [-0.4, -0.2) is 45.0 Å². The van der Waals surface area contributed by atoms with E-state index in [1.165, 1.54) is 35.0 Å². The number of carbonyl (C=O) groups is 1. The average Bonchev–Trinajstić information content (AvgIpc) is 2.75. The lowest BCUT2D eigenvalue weighted by Gasteiger charge is -2.32. The summed E-state index contributed by atoms with van der Waals surface area (Å²) in [6.45, 7) is 1.10. The Kier molecular flexibility index (Phi) is 5.18. The molecule has 0 radical (unpaired) electrons. The molecule has 2 aromatic heterocycles. The van der Waals surface area contributed by atoms with Gasteiger partial charge in [0.2, 0.25) is 5.56 Å². The third-order valence-corrected chi connectivity index (χ3v) is 4.79. The van der Waals surface area contributed by atoms with Crippen molar-refractivity contribution in [1.82, 2.24) is 19.4 Å². The van der Waals surface area contributed by atoms with Gasteiger partial charge in [-0.15, -0.1) is 0 Å². The lowest BCUT2D eigenvalue weighted by Crippen LogP contribution is -2.42. The van der Waals surface area contributed by atoms with Gasteiger partial charge in [-0.25, -0.2) is 9.37 Å². The zero-order valence-corrected chi connectivity index (χ0v) is 15.8. The summed E-state index contributed by atoms with van der Waals surface area (Å²) in [5.74, 6) is -0.527. The molecular weight excluding hydrogens is 375 g/mol. The molecule has 0 N–H and O–H groups in total. The third kappa shape index (κ3) is 4.07. The molecule has 1 atom stereocenters. The van der Waals surface area contributed by atoms with Crippen LogP contribution in [0.3, 0.4) is 0 Å². The minimum Gasteiger partial charge on any atom is -0.368 e. The Morgan fingerprint density at radius 1 is 1.24 bits per heavy atom. The van der Waals surface area contributed by atoms with E-state index in [0.29, 0.717) is 42.2 Å². The second kappa shape index (κ2) is 7.92. The second-order valence-electron chi connectivity index (χ2n) is 6.82. The first-order valence-electron chi connectivity index (χ1n) is 9.17. The Morgan fingerprint density at radius 2 is 2.10 bits per heavy atom. The van der Waals surface area contributed by atoms with Crippen molar-refractivity contribution in [1.29, 1.82) is 0 Å². The lowest BCUT2D eigenvalue weighted by molar-refractivity contribution is -0.0248. The molecule has 1 aromatic carbocycles. The topological polar surface area (TPSA) is 77.3 Å². The highest BCUT2D eigenvalue weighted by Crippen LogP contribution is 2.24. The van der Waals surface area contributed by atoms with E-state index < -0.39 is 6.10 Å². The molecule has 0 saturated carbocycles. The van der Waals surface area contributed by atoms with Crippen molar-refractivity contribution in [3.8, 4) is 11.3 Å². The molecule has 148 valence electrons. The normalized spacial score (nSPS) is 16.6. The fourth-order valence-electron chi connectivity index (χ4n) is 3.24. The maximum absolute atomic E-state index is 13.5. The Morgan fingerprint density at radius 3 is 2.90 bits per heavy atom. The van der Waals surface area contributed by atoms with Gasteiger partial charge >= 0.3 is 0 Å². The summed E-state index contributed by atoms with van der Waals surface area (Å²) in [7, 11) is 1.61. The number of aromatic nitrogens is 3. The van der Waals surface area contributed by atoms with Crippen molar-refractivity contribution in [3.05, 3.63) is 82.4 Å². The molecular formula is C21H19FN4O3. The summed E-state index contributed by atoms with van der Waals surface area (Å²) in [5, 5.41) is 0.